The summed E-state index contributed by atoms with van der Waals surface area (Å²) in [6.45, 7) is 5.44. The molecule has 4 rings (SSSR count). The third kappa shape index (κ3) is 4.18. The number of rotatable bonds is 6. The van der Waals surface area contributed by atoms with E-state index in [0.717, 1.165) is 23.5 Å². The Balaban J connectivity index is 1.46. The van der Waals surface area contributed by atoms with Crippen LogP contribution in [0.4, 0.5) is 0 Å². The second-order valence-corrected chi connectivity index (χ2v) is 7.59. The average molecular weight is 406 g/mol. The third-order valence-electron chi connectivity index (χ3n) is 4.86. The number of aromatic nitrogens is 6. The summed E-state index contributed by atoms with van der Waals surface area (Å²) in [4.78, 5) is 2.13. The molecule has 2 aromatic heterocycles. The van der Waals surface area contributed by atoms with E-state index in [0.29, 0.717) is 11.4 Å². The van der Waals surface area contributed by atoms with E-state index in [1.807, 2.05) is 60.5 Å². The van der Waals surface area contributed by atoms with E-state index in [1.165, 1.54) is 11.1 Å². The van der Waals surface area contributed by atoms with Crippen LogP contribution in [0.2, 0.25) is 0 Å². The van der Waals surface area contributed by atoms with E-state index < -0.39 is 0 Å². The van der Waals surface area contributed by atoms with Crippen LogP contribution in [0.5, 0.6) is 0 Å². The van der Waals surface area contributed by atoms with Gasteiger partial charge in [0.25, 0.3) is 0 Å². The van der Waals surface area contributed by atoms with Crippen molar-refractivity contribution >= 4 is 12.2 Å². The monoisotopic (exact) mass is 405 g/mol. The molecule has 0 atom stereocenters. The second-order valence-electron chi connectivity index (χ2n) is 7.23. The summed E-state index contributed by atoms with van der Waals surface area (Å²) in [7, 11) is 2.02. The highest BCUT2D eigenvalue weighted by molar-refractivity contribution is 7.71. The number of aryl methyl sites for hydroxylation is 2. The maximum absolute atomic E-state index is 5.59. The van der Waals surface area contributed by atoms with Gasteiger partial charge in [0, 0.05) is 18.3 Å². The molecule has 0 bridgehead atoms. The second kappa shape index (κ2) is 8.10. The minimum atomic E-state index is 0.542. The van der Waals surface area contributed by atoms with E-state index in [-0.39, 0.29) is 0 Å². The van der Waals surface area contributed by atoms with Crippen LogP contribution >= 0.6 is 12.2 Å². The zero-order valence-corrected chi connectivity index (χ0v) is 17.5. The molecule has 0 aliphatic heterocycles. The standard InChI is InChI=1S/C21H23N7S/c1-16-9-10-20(11-17(16)2)28-21(29)27(23-24-28)15-25(3)13-18-12-22-26(14-18)19-7-5-4-6-8-19/h4-12,14H,13,15H2,1-3H3. The first-order valence-electron chi connectivity index (χ1n) is 9.39. The predicted octanol–water partition coefficient (Wildman–Crippen LogP) is 3.69. The van der Waals surface area contributed by atoms with Gasteiger partial charge < -0.3 is 0 Å². The molecule has 0 aliphatic rings. The van der Waals surface area contributed by atoms with E-state index in [4.69, 9.17) is 12.2 Å². The zero-order valence-electron chi connectivity index (χ0n) is 16.7. The van der Waals surface area contributed by atoms with E-state index in [9.17, 15) is 0 Å². The van der Waals surface area contributed by atoms with Crippen LogP contribution in [0.3, 0.4) is 0 Å². The van der Waals surface area contributed by atoms with Crippen molar-refractivity contribution in [2.24, 2.45) is 0 Å². The fraction of sp³-hybridized carbons (Fsp3) is 0.238. The molecule has 0 saturated heterocycles. The third-order valence-corrected chi connectivity index (χ3v) is 5.24. The molecule has 2 aromatic carbocycles. The normalized spacial score (nSPS) is 11.3. The molecule has 0 N–H and O–H groups in total. The summed E-state index contributed by atoms with van der Waals surface area (Å²) < 4.78 is 5.88. The highest BCUT2D eigenvalue weighted by Gasteiger charge is 2.10. The lowest BCUT2D eigenvalue weighted by atomic mass is 10.1. The van der Waals surface area contributed by atoms with Gasteiger partial charge in [-0.05, 0) is 78.9 Å². The molecule has 148 valence electrons. The molecule has 0 saturated carbocycles. The first-order chi connectivity index (χ1) is 14.0. The van der Waals surface area contributed by atoms with Gasteiger partial charge in [-0.3, -0.25) is 4.90 Å². The van der Waals surface area contributed by atoms with Crippen molar-refractivity contribution in [2.75, 3.05) is 7.05 Å². The number of nitrogens with zero attached hydrogens (tertiary/aromatic N) is 7. The molecule has 0 radical (unpaired) electrons. The maximum atomic E-state index is 5.59. The molecule has 0 unspecified atom stereocenters. The number of benzene rings is 2. The Morgan fingerprint density at radius 2 is 1.76 bits per heavy atom. The predicted molar refractivity (Wildman–Crippen MR) is 115 cm³/mol. The Labute approximate surface area is 174 Å². The van der Waals surface area contributed by atoms with Crippen LogP contribution in [0.15, 0.2) is 60.9 Å². The summed E-state index contributed by atoms with van der Waals surface area (Å²) in [6.07, 6.45) is 3.92. The van der Waals surface area contributed by atoms with Crippen LogP contribution in [0.1, 0.15) is 16.7 Å². The largest absolute Gasteiger partial charge is 0.283 e. The van der Waals surface area contributed by atoms with Gasteiger partial charge in [0.05, 0.1) is 24.2 Å². The van der Waals surface area contributed by atoms with Gasteiger partial charge in [0.2, 0.25) is 4.77 Å². The Morgan fingerprint density at radius 1 is 0.966 bits per heavy atom. The summed E-state index contributed by atoms with van der Waals surface area (Å²) in [5, 5.41) is 12.9. The first kappa shape index (κ1) is 19.2. The molecular formula is C21H23N7S. The summed E-state index contributed by atoms with van der Waals surface area (Å²) in [5.41, 5.74) is 5.52. The Morgan fingerprint density at radius 3 is 2.52 bits per heavy atom. The van der Waals surface area contributed by atoms with Crippen LogP contribution in [-0.4, -0.2) is 41.5 Å². The highest BCUT2D eigenvalue weighted by atomic mass is 32.1. The van der Waals surface area contributed by atoms with Crippen molar-refractivity contribution in [1.82, 2.24) is 34.5 Å². The molecule has 0 spiro atoms. The van der Waals surface area contributed by atoms with Crippen molar-refractivity contribution in [1.29, 1.82) is 0 Å². The van der Waals surface area contributed by atoms with Crippen molar-refractivity contribution in [3.05, 3.63) is 82.4 Å². The number of tetrazole rings is 1. The minimum absolute atomic E-state index is 0.542. The minimum Gasteiger partial charge on any atom is -0.283 e. The summed E-state index contributed by atoms with van der Waals surface area (Å²) in [5.74, 6) is 0. The topological polar surface area (TPSA) is 56.7 Å². The Kier molecular flexibility index (Phi) is 5.37. The van der Waals surface area contributed by atoms with Crippen LogP contribution in [0, 0.1) is 18.6 Å². The Hall–Kier alpha value is -3.10. The molecule has 2 heterocycles. The molecule has 0 fully saturated rings. The number of hydrogen-bond donors (Lipinski definition) is 0. The maximum Gasteiger partial charge on any atom is 0.221 e. The van der Waals surface area contributed by atoms with Gasteiger partial charge >= 0.3 is 0 Å². The average Bonchev–Trinajstić information content (AvgIpc) is 3.32. The van der Waals surface area contributed by atoms with Crippen LogP contribution in [0.25, 0.3) is 11.4 Å². The van der Waals surface area contributed by atoms with E-state index in [1.54, 1.807) is 9.36 Å². The van der Waals surface area contributed by atoms with Gasteiger partial charge in [0.15, 0.2) is 0 Å². The zero-order chi connectivity index (χ0) is 20.4. The molecule has 4 aromatic rings. The number of hydrogen-bond acceptors (Lipinski definition) is 5. The van der Waals surface area contributed by atoms with Crippen LogP contribution in [-0.2, 0) is 13.2 Å². The van der Waals surface area contributed by atoms with Crippen molar-refractivity contribution in [3.63, 3.8) is 0 Å². The highest BCUT2D eigenvalue weighted by Crippen LogP contribution is 2.14. The SMILES string of the molecule is Cc1ccc(-n2nnn(CN(C)Cc3cnn(-c4ccccc4)c3)c2=S)cc1C. The fourth-order valence-electron chi connectivity index (χ4n) is 3.14. The summed E-state index contributed by atoms with van der Waals surface area (Å²) in [6, 6.07) is 16.2. The lowest BCUT2D eigenvalue weighted by molar-refractivity contribution is 0.242. The number of para-hydroxylation sites is 1. The van der Waals surface area contributed by atoms with E-state index >= 15 is 0 Å². The molecular weight excluding hydrogens is 382 g/mol. The van der Waals surface area contributed by atoms with E-state index in [2.05, 4.69) is 46.4 Å². The fourth-order valence-corrected chi connectivity index (χ4v) is 3.37. The smallest absolute Gasteiger partial charge is 0.221 e. The van der Waals surface area contributed by atoms with Gasteiger partial charge in [-0.1, -0.05) is 24.3 Å². The molecule has 29 heavy (non-hydrogen) atoms. The Bertz CT molecular complexity index is 1170. The molecule has 0 amide bonds. The first-order valence-corrected chi connectivity index (χ1v) is 9.80. The quantitative estimate of drug-likeness (QED) is 0.458. The van der Waals surface area contributed by atoms with Crippen molar-refractivity contribution < 1.29 is 0 Å². The van der Waals surface area contributed by atoms with Crippen molar-refractivity contribution in [2.45, 2.75) is 27.1 Å². The summed E-state index contributed by atoms with van der Waals surface area (Å²) >= 11 is 5.59. The van der Waals surface area contributed by atoms with Crippen molar-refractivity contribution in [3.8, 4) is 11.4 Å². The van der Waals surface area contributed by atoms with Crippen LogP contribution < -0.4 is 0 Å². The van der Waals surface area contributed by atoms with Gasteiger partial charge in [-0.2, -0.15) is 9.78 Å². The molecule has 0 aliphatic carbocycles. The van der Waals surface area contributed by atoms with Gasteiger partial charge in [-0.15, -0.1) is 0 Å². The van der Waals surface area contributed by atoms with Gasteiger partial charge in [0.1, 0.15) is 0 Å². The lowest BCUT2D eigenvalue weighted by Gasteiger charge is -2.14. The molecule has 7 nitrogen and oxygen atoms in total. The van der Waals surface area contributed by atoms with Gasteiger partial charge in [-0.25, -0.2) is 9.36 Å². The molecule has 8 heteroatoms. The lowest BCUT2D eigenvalue weighted by Crippen LogP contribution is -2.22.